The van der Waals surface area contributed by atoms with Gasteiger partial charge in [-0.25, -0.2) is 0 Å². The number of carbonyl (C=O) groups excluding carboxylic acids is 3. The van der Waals surface area contributed by atoms with Gasteiger partial charge < -0.3 is 14.2 Å². The third-order valence-electron chi connectivity index (χ3n) is 13.3. The molecule has 63 heavy (non-hydrogen) atoms. The molecule has 0 bridgehead atoms. The quantitative estimate of drug-likeness (QED) is 0.0344. The smallest absolute Gasteiger partial charge is 0.306 e. The van der Waals surface area contributed by atoms with Crippen LogP contribution in [-0.2, 0) is 28.6 Å². The van der Waals surface area contributed by atoms with Crippen LogP contribution in [0.25, 0.3) is 0 Å². The number of rotatable bonds is 51. The zero-order chi connectivity index (χ0) is 46.1. The van der Waals surface area contributed by atoms with E-state index in [-0.39, 0.29) is 31.1 Å². The predicted octanol–water partition coefficient (Wildman–Crippen LogP) is 18.5. The van der Waals surface area contributed by atoms with Crippen LogP contribution in [0.4, 0.5) is 0 Å². The Morgan fingerprint density at radius 3 is 0.905 bits per heavy atom. The molecule has 0 fully saturated rings. The molecule has 0 N–H and O–H groups in total. The molecule has 0 aromatic heterocycles. The maximum Gasteiger partial charge on any atom is 0.306 e. The van der Waals surface area contributed by atoms with E-state index in [4.69, 9.17) is 14.2 Å². The molecule has 0 aliphatic carbocycles. The Bertz CT molecular complexity index is 964. The van der Waals surface area contributed by atoms with Crippen LogP contribution in [-0.4, -0.2) is 37.2 Å². The molecule has 0 aliphatic heterocycles. The molecule has 2 atom stereocenters. The molecular weight excluding hydrogens is 781 g/mol. The lowest BCUT2D eigenvalue weighted by Crippen LogP contribution is -2.30. The van der Waals surface area contributed by atoms with Crippen molar-refractivity contribution in [1.29, 1.82) is 0 Å². The van der Waals surface area contributed by atoms with Gasteiger partial charge in [-0.05, 0) is 31.1 Å². The number of carbonyl (C=O) groups is 3. The molecule has 0 heterocycles. The summed E-state index contributed by atoms with van der Waals surface area (Å²) in [4.78, 5) is 38.0. The van der Waals surface area contributed by atoms with E-state index in [1.165, 1.54) is 205 Å². The summed E-state index contributed by atoms with van der Waals surface area (Å²) in [6, 6.07) is 0. The second-order valence-electron chi connectivity index (χ2n) is 20.3. The molecule has 6 heteroatoms. The number of ether oxygens (including phenoxy) is 3. The van der Waals surface area contributed by atoms with Crippen LogP contribution in [0.1, 0.15) is 317 Å². The average Bonchev–Trinajstić information content (AvgIpc) is 3.27. The Morgan fingerprint density at radius 2 is 0.603 bits per heavy atom. The number of unbranched alkanes of at least 4 members (excludes halogenated alkanes) is 35. The third-order valence-corrected chi connectivity index (χ3v) is 13.3. The lowest BCUT2D eigenvalue weighted by molar-refractivity contribution is -0.167. The highest BCUT2D eigenvalue weighted by Gasteiger charge is 2.19. The zero-order valence-corrected chi connectivity index (χ0v) is 43.2. The number of hydrogen-bond donors (Lipinski definition) is 0. The highest BCUT2D eigenvalue weighted by atomic mass is 16.6. The Hall–Kier alpha value is -1.59. The summed E-state index contributed by atoms with van der Waals surface area (Å²) in [6.07, 6.45) is 52.4. The fraction of sp³-hybridized carbons (Fsp3) is 0.947. The SMILES string of the molecule is CCCCCCCCCCCCCCCCCCCCCC(=O)OC[C@H](COC(=O)CCCCCCCCC(C)CC)OC(=O)CCCCCCCCCCCCCCCC(C)C. The third kappa shape index (κ3) is 49.7. The van der Waals surface area contributed by atoms with E-state index in [9.17, 15) is 14.4 Å². The Kier molecular flexibility index (Phi) is 48.6. The fourth-order valence-corrected chi connectivity index (χ4v) is 8.66. The topological polar surface area (TPSA) is 78.9 Å². The molecule has 0 saturated carbocycles. The minimum Gasteiger partial charge on any atom is -0.462 e. The van der Waals surface area contributed by atoms with Crippen molar-refractivity contribution in [2.24, 2.45) is 11.8 Å². The van der Waals surface area contributed by atoms with Crippen LogP contribution in [0.2, 0.25) is 0 Å². The Balaban J connectivity index is 4.24. The first-order valence-corrected chi connectivity index (χ1v) is 28.3. The van der Waals surface area contributed by atoms with Crippen LogP contribution in [0.15, 0.2) is 0 Å². The van der Waals surface area contributed by atoms with Crippen molar-refractivity contribution in [3.8, 4) is 0 Å². The first kappa shape index (κ1) is 61.4. The molecule has 374 valence electrons. The van der Waals surface area contributed by atoms with Gasteiger partial charge in [-0.3, -0.25) is 14.4 Å². The number of esters is 3. The summed E-state index contributed by atoms with van der Waals surface area (Å²) in [5, 5.41) is 0. The second-order valence-corrected chi connectivity index (χ2v) is 20.3. The van der Waals surface area contributed by atoms with Crippen LogP contribution in [0.3, 0.4) is 0 Å². The van der Waals surface area contributed by atoms with Gasteiger partial charge in [0.05, 0.1) is 0 Å². The van der Waals surface area contributed by atoms with Gasteiger partial charge in [-0.15, -0.1) is 0 Å². The van der Waals surface area contributed by atoms with Crippen molar-refractivity contribution in [1.82, 2.24) is 0 Å². The van der Waals surface area contributed by atoms with Crippen molar-refractivity contribution in [2.45, 2.75) is 323 Å². The standard InChI is InChI=1S/C57H110O6/c1-6-8-9-10-11-12-13-14-15-16-17-18-19-22-25-28-31-37-42-47-55(58)61-50-54(51-62-56(59)48-43-38-34-33-36-41-46-53(5)7-2)63-57(60)49-44-39-32-29-26-23-20-21-24-27-30-35-40-45-52(3)4/h52-54H,6-51H2,1-5H3/t53?,54-/m1/s1. The summed E-state index contributed by atoms with van der Waals surface area (Å²) in [5.74, 6) is 0.806. The molecule has 0 radical (unpaired) electrons. The van der Waals surface area contributed by atoms with E-state index in [1.54, 1.807) is 0 Å². The Morgan fingerprint density at radius 1 is 0.333 bits per heavy atom. The maximum atomic E-state index is 12.8. The summed E-state index contributed by atoms with van der Waals surface area (Å²) in [6.45, 7) is 11.4. The van der Waals surface area contributed by atoms with Gasteiger partial charge in [0.25, 0.3) is 0 Å². The van der Waals surface area contributed by atoms with Gasteiger partial charge in [0.1, 0.15) is 13.2 Å². The van der Waals surface area contributed by atoms with Crippen molar-refractivity contribution in [3.63, 3.8) is 0 Å². The lowest BCUT2D eigenvalue weighted by atomic mass is 10.00. The van der Waals surface area contributed by atoms with Crippen molar-refractivity contribution in [2.75, 3.05) is 13.2 Å². The molecular formula is C57H110O6. The molecule has 0 saturated heterocycles. The highest BCUT2D eigenvalue weighted by Crippen LogP contribution is 2.18. The number of hydrogen-bond acceptors (Lipinski definition) is 6. The second kappa shape index (κ2) is 49.8. The summed E-state index contributed by atoms with van der Waals surface area (Å²) >= 11 is 0. The van der Waals surface area contributed by atoms with Gasteiger partial charge in [0, 0.05) is 19.3 Å². The summed E-state index contributed by atoms with van der Waals surface area (Å²) in [5.41, 5.74) is 0. The van der Waals surface area contributed by atoms with Gasteiger partial charge in [-0.2, -0.15) is 0 Å². The first-order chi connectivity index (χ1) is 30.8. The first-order valence-electron chi connectivity index (χ1n) is 28.3. The maximum absolute atomic E-state index is 12.8. The minimum atomic E-state index is -0.763. The molecule has 0 aromatic carbocycles. The van der Waals surface area contributed by atoms with E-state index >= 15 is 0 Å². The minimum absolute atomic E-state index is 0.0637. The average molecular weight is 892 g/mol. The largest absolute Gasteiger partial charge is 0.462 e. The van der Waals surface area contributed by atoms with Crippen molar-refractivity contribution in [3.05, 3.63) is 0 Å². The summed E-state index contributed by atoms with van der Waals surface area (Å²) < 4.78 is 16.9. The zero-order valence-electron chi connectivity index (χ0n) is 43.2. The molecule has 0 aliphatic rings. The van der Waals surface area contributed by atoms with Gasteiger partial charge >= 0.3 is 17.9 Å². The van der Waals surface area contributed by atoms with E-state index < -0.39 is 6.10 Å². The van der Waals surface area contributed by atoms with Gasteiger partial charge in [0.15, 0.2) is 6.10 Å². The van der Waals surface area contributed by atoms with E-state index in [1.807, 2.05) is 0 Å². The van der Waals surface area contributed by atoms with Crippen LogP contribution < -0.4 is 0 Å². The lowest BCUT2D eigenvalue weighted by Gasteiger charge is -2.18. The van der Waals surface area contributed by atoms with Gasteiger partial charge in [-0.1, -0.05) is 279 Å². The van der Waals surface area contributed by atoms with Crippen LogP contribution >= 0.6 is 0 Å². The molecule has 0 amide bonds. The monoisotopic (exact) mass is 891 g/mol. The van der Waals surface area contributed by atoms with E-state index in [0.29, 0.717) is 19.3 Å². The molecule has 6 nitrogen and oxygen atoms in total. The summed E-state index contributed by atoms with van der Waals surface area (Å²) in [7, 11) is 0. The predicted molar refractivity (Wildman–Crippen MR) is 270 cm³/mol. The van der Waals surface area contributed by atoms with Crippen LogP contribution in [0.5, 0.6) is 0 Å². The van der Waals surface area contributed by atoms with Crippen molar-refractivity contribution < 1.29 is 28.6 Å². The van der Waals surface area contributed by atoms with Gasteiger partial charge in [0.2, 0.25) is 0 Å². The van der Waals surface area contributed by atoms with Crippen molar-refractivity contribution >= 4 is 17.9 Å². The van der Waals surface area contributed by atoms with E-state index in [2.05, 4.69) is 34.6 Å². The normalized spacial score (nSPS) is 12.5. The molecule has 0 rings (SSSR count). The molecule has 0 spiro atoms. The fourth-order valence-electron chi connectivity index (χ4n) is 8.66. The Labute approximate surface area is 393 Å². The van der Waals surface area contributed by atoms with Crippen LogP contribution in [0, 0.1) is 11.8 Å². The highest BCUT2D eigenvalue weighted by molar-refractivity contribution is 5.71. The molecule has 0 aromatic rings. The molecule has 1 unspecified atom stereocenters. The van der Waals surface area contributed by atoms with E-state index in [0.717, 1.165) is 69.6 Å².